The van der Waals surface area contributed by atoms with Gasteiger partial charge >= 0.3 is 11.9 Å². The van der Waals surface area contributed by atoms with E-state index in [-0.39, 0.29) is 34.9 Å². The van der Waals surface area contributed by atoms with Crippen molar-refractivity contribution < 1.29 is 29.3 Å². The molecule has 0 spiro atoms. The number of aliphatic hydroxyl groups is 2. The zero-order valence-corrected chi connectivity index (χ0v) is 51.7. The van der Waals surface area contributed by atoms with Crippen LogP contribution < -0.4 is 0 Å². The second-order valence-corrected chi connectivity index (χ2v) is 27.2. The Morgan fingerprint density at radius 1 is 0.333 bits per heavy atom. The number of benzene rings is 2. The Morgan fingerprint density at radius 3 is 0.707 bits per heavy atom. The molecule has 0 aliphatic rings. The van der Waals surface area contributed by atoms with Gasteiger partial charge < -0.3 is 19.7 Å². The van der Waals surface area contributed by atoms with Gasteiger partial charge in [-0.05, 0) is 67.9 Å². The molecule has 2 aromatic carbocycles. The third-order valence-electron chi connectivity index (χ3n) is 16.0. The van der Waals surface area contributed by atoms with Gasteiger partial charge in [0.1, 0.15) is 12.2 Å². The fourth-order valence-corrected chi connectivity index (χ4v) is 10.4. The molecule has 0 aliphatic carbocycles. The molecule has 2 unspecified atom stereocenters. The van der Waals surface area contributed by atoms with E-state index < -0.39 is 29.6 Å². The van der Waals surface area contributed by atoms with Crippen LogP contribution in [0.15, 0.2) is 36.4 Å². The predicted octanol–water partition coefficient (Wildman–Crippen LogP) is 20.2. The summed E-state index contributed by atoms with van der Waals surface area (Å²) in [7, 11) is 0. The molecule has 2 rings (SSSR count). The highest BCUT2D eigenvalue weighted by Gasteiger charge is 2.61. The van der Waals surface area contributed by atoms with Gasteiger partial charge in [-0.3, -0.25) is 9.59 Å². The van der Waals surface area contributed by atoms with Crippen molar-refractivity contribution in [3.05, 3.63) is 69.8 Å². The zero-order chi connectivity index (χ0) is 56.0. The standard InChI is InChI=1S/C69H120O6/c1-15-17-19-21-23-25-27-29-31-33-35-37-39-41-43-45-47-74-63(72)69(61(70)55-49-57(65(3,4)5)53-58(50-55)66(6,7)8,62(71)56-51-59(67(9,10)11)54-60(52-56)68(12,13)14)64(73)75-48-46-44-42-40-38-36-34-32-30-28-26-24-22-20-18-16-2/h49-54,61-62,70-71H,15-48H2,1-14H3. The first-order chi connectivity index (χ1) is 35.4. The van der Waals surface area contributed by atoms with E-state index in [0.29, 0.717) is 24.0 Å². The topological polar surface area (TPSA) is 93.1 Å². The quantitative estimate of drug-likeness (QED) is 0.0392. The molecule has 0 bridgehead atoms. The van der Waals surface area contributed by atoms with Crippen LogP contribution in [0.2, 0.25) is 0 Å². The smallest absolute Gasteiger partial charge is 0.329 e. The Balaban J connectivity index is 2.38. The molecule has 0 saturated heterocycles. The van der Waals surface area contributed by atoms with Crippen LogP contribution in [0.4, 0.5) is 0 Å². The van der Waals surface area contributed by atoms with Gasteiger partial charge in [-0.15, -0.1) is 0 Å². The molecule has 2 aromatic rings. The lowest BCUT2D eigenvalue weighted by Gasteiger charge is -2.39. The summed E-state index contributed by atoms with van der Waals surface area (Å²) in [6, 6.07) is 11.9. The minimum absolute atomic E-state index is 0.0788. The van der Waals surface area contributed by atoms with Crippen LogP contribution in [0.5, 0.6) is 0 Å². The average molecular weight is 1050 g/mol. The van der Waals surface area contributed by atoms with E-state index in [9.17, 15) is 10.2 Å². The molecule has 2 N–H and O–H groups in total. The van der Waals surface area contributed by atoms with E-state index >= 15 is 9.59 Å². The first kappa shape index (κ1) is 68.4. The summed E-state index contributed by atoms with van der Waals surface area (Å²) in [4.78, 5) is 30.7. The highest BCUT2D eigenvalue weighted by atomic mass is 16.6. The van der Waals surface area contributed by atoms with Gasteiger partial charge in [-0.2, -0.15) is 0 Å². The summed E-state index contributed by atoms with van der Waals surface area (Å²) < 4.78 is 12.4. The van der Waals surface area contributed by atoms with Gasteiger partial charge in [0.2, 0.25) is 5.41 Å². The molecule has 0 heterocycles. The van der Waals surface area contributed by atoms with Gasteiger partial charge in [0.25, 0.3) is 0 Å². The maximum absolute atomic E-state index is 15.4. The third-order valence-corrected chi connectivity index (χ3v) is 16.0. The van der Waals surface area contributed by atoms with E-state index in [4.69, 9.17) is 9.47 Å². The number of aliphatic hydroxyl groups excluding tert-OH is 2. The lowest BCUT2D eigenvalue weighted by molar-refractivity contribution is -0.196. The molecule has 0 saturated carbocycles. The SMILES string of the molecule is CCCCCCCCCCCCCCCCCCOC(=O)C(C(=O)OCCCCCCCCCCCCCCCCCC)(C(O)c1cc(C(C)(C)C)cc(C(C)(C)C)c1)C(O)c1cc(C(C)(C)C)cc(C(C)(C)C)c1. The summed E-state index contributed by atoms with van der Waals surface area (Å²) in [5.74, 6) is -1.89. The van der Waals surface area contributed by atoms with Gasteiger partial charge in [0.05, 0.1) is 13.2 Å². The minimum Gasteiger partial charge on any atom is -0.465 e. The summed E-state index contributed by atoms with van der Waals surface area (Å²) in [5.41, 5.74) is 0.800. The molecule has 6 heteroatoms. The van der Waals surface area contributed by atoms with Crippen molar-refractivity contribution in [2.75, 3.05) is 13.2 Å². The fraction of sp³-hybridized carbons (Fsp3) is 0.797. The monoisotopic (exact) mass is 1040 g/mol. The number of carbonyl (C=O) groups is 2. The lowest BCUT2D eigenvalue weighted by atomic mass is 9.69. The Morgan fingerprint density at radius 2 is 0.520 bits per heavy atom. The summed E-state index contributed by atoms with van der Waals surface area (Å²) in [6.45, 7) is 30.2. The molecule has 0 radical (unpaired) electrons. The molecule has 75 heavy (non-hydrogen) atoms. The maximum atomic E-state index is 15.4. The van der Waals surface area contributed by atoms with Gasteiger partial charge in [0, 0.05) is 0 Å². The third kappa shape index (κ3) is 25.8. The number of esters is 2. The number of rotatable bonds is 40. The second-order valence-electron chi connectivity index (χ2n) is 27.2. The minimum atomic E-state index is -2.53. The van der Waals surface area contributed by atoms with Crippen LogP contribution in [0.1, 0.15) is 348 Å². The summed E-state index contributed by atoms with van der Waals surface area (Å²) in [6.07, 6.45) is 35.8. The van der Waals surface area contributed by atoms with Crippen molar-refractivity contribution in [2.45, 2.75) is 336 Å². The van der Waals surface area contributed by atoms with Crippen LogP contribution in [-0.4, -0.2) is 35.4 Å². The fourth-order valence-electron chi connectivity index (χ4n) is 10.4. The number of unbranched alkanes of at least 4 members (excludes halogenated alkanes) is 30. The number of carbonyl (C=O) groups excluding carboxylic acids is 2. The first-order valence-corrected chi connectivity index (χ1v) is 31.4. The van der Waals surface area contributed by atoms with Crippen molar-refractivity contribution in [1.29, 1.82) is 0 Å². The molecule has 2 atom stereocenters. The highest BCUT2D eigenvalue weighted by Crippen LogP contribution is 2.49. The second kappa shape index (κ2) is 35.7. The van der Waals surface area contributed by atoms with Gasteiger partial charge in [0.15, 0.2) is 0 Å². The highest BCUT2D eigenvalue weighted by molar-refractivity contribution is 6.02. The lowest BCUT2D eigenvalue weighted by Crippen LogP contribution is -2.51. The Labute approximate surface area is 463 Å². The maximum Gasteiger partial charge on any atom is 0.329 e. The molecule has 0 amide bonds. The van der Waals surface area contributed by atoms with E-state index in [1.54, 1.807) is 0 Å². The van der Waals surface area contributed by atoms with E-state index in [1.165, 1.54) is 154 Å². The number of hydrogen-bond donors (Lipinski definition) is 2. The van der Waals surface area contributed by atoms with E-state index in [2.05, 4.69) is 109 Å². The molecule has 6 nitrogen and oxygen atoms in total. The summed E-state index contributed by atoms with van der Waals surface area (Å²) >= 11 is 0. The molecule has 0 fully saturated rings. The Kier molecular flexibility index (Phi) is 32.6. The van der Waals surface area contributed by atoms with Crippen molar-refractivity contribution in [3.8, 4) is 0 Å². The molecular formula is C69H120O6. The van der Waals surface area contributed by atoms with Crippen LogP contribution in [-0.2, 0) is 40.7 Å². The molecule has 0 aromatic heterocycles. The Hall–Kier alpha value is -2.70. The number of ether oxygens (including phenoxy) is 2. The predicted molar refractivity (Wildman–Crippen MR) is 321 cm³/mol. The van der Waals surface area contributed by atoms with Crippen LogP contribution in [0.3, 0.4) is 0 Å². The normalized spacial score (nSPS) is 13.5. The zero-order valence-electron chi connectivity index (χ0n) is 51.7. The van der Waals surface area contributed by atoms with Crippen molar-refractivity contribution in [2.24, 2.45) is 5.41 Å². The molecular weight excluding hydrogens is 925 g/mol. The molecule has 0 aliphatic heterocycles. The van der Waals surface area contributed by atoms with Crippen molar-refractivity contribution in [1.82, 2.24) is 0 Å². The van der Waals surface area contributed by atoms with Gasteiger partial charge in [-0.25, -0.2) is 0 Å². The largest absolute Gasteiger partial charge is 0.465 e. The Bertz CT molecular complexity index is 1630. The van der Waals surface area contributed by atoms with Crippen molar-refractivity contribution >= 4 is 11.9 Å². The number of hydrogen-bond acceptors (Lipinski definition) is 6. The van der Waals surface area contributed by atoms with Crippen LogP contribution >= 0.6 is 0 Å². The summed E-state index contributed by atoms with van der Waals surface area (Å²) in [5, 5.41) is 26.3. The molecule has 432 valence electrons. The van der Waals surface area contributed by atoms with Crippen LogP contribution in [0.25, 0.3) is 0 Å². The first-order valence-electron chi connectivity index (χ1n) is 31.4. The van der Waals surface area contributed by atoms with Crippen molar-refractivity contribution in [3.63, 3.8) is 0 Å². The van der Waals surface area contributed by atoms with E-state index in [1.807, 2.05) is 24.3 Å². The van der Waals surface area contributed by atoms with Gasteiger partial charge in [-0.1, -0.05) is 326 Å². The van der Waals surface area contributed by atoms with Crippen LogP contribution in [0, 0.1) is 5.41 Å². The van der Waals surface area contributed by atoms with E-state index in [0.717, 1.165) is 60.8 Å². The average Bonchev–Trinajstić information content (AvgIpc) is 3.34.